The third-order valence-electron chi connectivity index (χ3n) is 2.28. The average molecular weight is 248 g/mol. The van der Waals surface area contributed by atoms with E-state index in [2.05, 4.69) is 10.2 Å². The highest BCUT2D eigenvalue weighted by atomic mass is 35.5. The minimum Gasteiger partial charge on any atom is -0.453 e. The van der Waals surface area contributed by atoms with Gasteiger partial charge in [-0.25, -0.2) is 0 Å². The van der Waals surface area contributed by atoms with Crippen LogP contribution in [0.4, 0.5) is 0 Å². The SMILES string of the molecule is Cc1n[nH]c(C)c1Oc1cc(Cl)cc(C#N)c1. The molecule has 0 fully saturated rings. The maximum atomic E-state index is 8.84. The number of aryl methyl sites for hydroxylation is 2. The van der Waals surface area contributed by atoms with Crippen LogP contribution in [0, 0.1) is 25.2 Å². The lowest BCUT2D eigenvalue weighted by atomic mass is 10.2. The summed E-state index contributed by atoms with van der Waals surface area (Å²) in [4.78, 5) is 0. The van der Waals surface area contributed by atoms with Crippen LogP contribution in [0.3, 0.4) is 0 Å². The van der Waals surface area contributed by atoms with E-state index < -0.39 is 0 Å². The molecule has 0 aliphatic carbocycles. The molecule has 0 amide bonds. The van der Waals surface area contributed by atoms with Crippen molar-refractivity contribution in [1.29, 1.82) is 5.26 Å². The monoisotopic (exact) mass is 247 g/mol. The van der Waals surface area contributed by atoms with Crippen LogP contribution in [0.1, 0.15) is 17.0 Å². The van der Waals surface area contributed by atoms with Crippen LogP contribution in [-0.4, -0.2) is 10.2 Å². The molecule has 2 aromatic rings. The van der Waals surface area contributed by atoms with Crippen molar-refractivity contribution in [2.24, 2.45) is 0 Å². The van der Waals surface area contributed by atoms with Crippen molar-refractivity contribution in [2.45, 2.75) is 13.8 Å². The molecule has 5 heteroatoms. The molecule has 2 rings (SSSR count). The maximum absolute atomic E-state index is 8.84. The topological polar surface area (TPSA) is 61.7 Å². The molecular formula is C12H10ClN3O. The Hall–Kier alpha value is -1.99. The Kier molecular flexibility index (Phi) is 3.03. The molecule has 1 N–H and O–H groups in total. The fraction of sp³-hybridized carbons (Fsp3) is 0.167. The van der Waals surface area contributed by atoms with Crippen LogP contribution < -0.4 is 4.74 Å². The molecule has 0 radical (unpaired) electrons. The van der Waals surface area contributed by atoms with Gasteiger partial charge in [-0.2, -0.15) is 10.4 Å². The molecule has 0 spiro atoms. The molecule has 0 saturated heterocycles. The van der Waals surface area contributed by atoms with Gasteiger partial charge in [0.1, 0.15) is 11.4 Å². The van der Waals surface area contributed by atoms with Gasteiger partial charge in [0.05, 0.1) is 17.3 Å². The number of aromatic nitrogens is 2. The van der Waals surface area contributed by atoms with E-state index in [4.69, 9.17) is 21.6 Å². The van der Waals surface area contributed by atoms with Crippen molar-refractivity contribution in [1.82, 2.24) is 10.2 Å². The molecular weight excluding hydrogens is 238 g/mol. The second kappa shape index (κ2) is 4.48. The Labute approximate surface area is 104 Å². The summed E-state index contributed by atoms with van der Waals surface area (Å²) in [5.74, 6) is 1.19. The van der Waals surface area contributed by atoms with E-state index in [1.807, 2.05) is 19.9 Å². The van der Waals surface area contributed by atoms with Gasteiger partial charge >= 0.3 is 0 Å². The van der Waals surface area contributed by atoms with Gasteiger partial charge in [0.25, 0.3) is 0 Å². The molecule has 1 heterocycles. The number of H-pyrrole nitrogens is 1. The lowest BCUT2D eigenvalue weighted by Gasteiger charge is -2.06. The molecule has 0 aliphatic heterocycles. The zero-order chi connectivity index (χ0) is 12.4. The van der Waals surface area contributed by atoms with Crippen LogP contribution in [-0.2, 0) is 0 Å². The first-order valence-electron chi connectivity index (χ1n) is 5.00. The van der Waals surface area contributed by atoms with Gasteiger partial charge < -0.3 is 4.74 Å². The van der Waals surface area contributed by atoms with E-state index in [1.165, 1.54) is 0 Å². The fourth-order valence-electron chi connectivity index (χ4n) is 1.50. The summed E-state index contributed by atoms with van der Waals surface area (Å²) in [5, 5.41) is 16.2. The van der Waals surface area contributed by atoms with Crippen LogP contribution in [0.15, 0.2) is 18.2 Å². The van der Waals surface area contributed by atoms with Crippen LogP contribution in [0.5, 0.6) is 11.5 Å². The first-order valence-corrected chi connectivity index (χ1v) is 5.38. The Morgan fingerprint density at radius 1 is 1.35 bits per heavy atom. The molecule has 0 saturated carbocycles. The standard InChI is InChI=1S/C12H10ClN3O/c1-7-12(8(2)16-15-7)17-11-4-9(6-14)3-10(13)5-11/h3-5H,1-2H3,(H,15,16). The number of hydrogen-bond acceptors (Lipinski definition) is 3. The van der Waals surface area contributed by atoms with Crippen LogP contribution in [0.2, 0.25) is 5.02 Å². The van der Waals surface area contributed by atoms with Crippen molar-refractivity contribution in [3.63, 3.8) is 0 Å². The Bertz CT molecular complexity index is 579. The van der Waals surface area contributed by atoms with Crippen molar-refractivity contribution in [2.75, 3.05) is 0 Å². The van der Waals surface area contributed by atoms with Gasteiger partial charge in [0, 0.05) is 5.02 Å². The highest BCUT2D eigenvalue weighted by molar-refractivity contribution is 6.30. The summed E-state index contributed by atoms with van der Waals surface area (Å²) in [7, 11) is 0. The summed E-state index contributed by atoms with van der Waals surface area (Å²) in [6.07, 6.45) is 0. The summed E-state index contributed by atoms with van der Waals surface area (Å²) in [6.45, 7) is 3.71. The molecule has 0 bridgehead atoms. The van der Waals surface area contributed by atoms with E-state index in [0.717, 1.165) is 11.4 Å². The summed E-state index contributed by atoms with van der Waals surface area (Å²) in [5.41, 5.74) is 2.06. The molecule has 0 unspecified atom stereocenters. The van der Waals surface area contributed by atoms with Crippen molar-refractivity contribution in [3.8, 4) is 17.6 Å². The smallest absolute Gasteiger partial charge is 0.170 e. The van der Waals surface area contributed by atoms with Crippen LogP contribution in [0.25, 0.3) is 0 Å². The summed E-state index contributed by atoms with van der Waals surface area (Å²) < 4.78 is 5.67. The lowest BCUT2D eigenvalue weighted by molar-refractivity contribution is 0.475. The zero-order valence-electron chi connectivity index (χ0n) is 9.41. The van der Waals surface area contributed by atoms with Gasteiger partial charge in [0.15, 0.2) is 5.75 Å². The minimum atomic E-state index is 0.464. The highest BCUT2D eigenvalue weighted by Gasteiger charge is 2.09. The number of halogens is 1. The largest absolute Gasteiger partial charge is 0.453 e. The molecule has 0 aliphatic rings. The van der Waals surface area contributed by atoms with Gasteiger partial charge in [0.2, 0.25) is 0 Å². The van der Waals surface area contributed by atoms with Crippen LogP contribution >= 0.6 is 11.6 Å². The quantitative estimate of drug-likeness (QED) is 0.885. The van der Waals surface area contributed by atoms with Crippen molar-refractivity contribution >= 4 is 11.6 Å². The fourth-order valence-corrected chi connectivity index (χ4v) is 1.72. The number of ether oxygens (including phenoxy) is 1. The number of benzene rings is 1. The Morgan fingerprint density at radius 2 is 2.12 bits per heavy atom. The minimum absolute atomic E-state index is 0.464. The Balaban J connectivity index is 2.37. The average Bonchev–Trinajstić information content (AvgIpc) is 2.60. The van der Waals surface area contributed by atoms with Crippen molar-refractivity contribution < 1.29 is 4.74 Å². The van der Waals surface area contributed by atoms with E-state index in [9.17, 15) is 0 Å². The predicted molar refractivity (Wildman–Crippen MR) is 64.3 cm³/mol. The van der Waals surface area contributed by atoms with E-state index in [-0.39, 0.29) is 0 Å². The zero-order valence-corrected chi connectivity index (χ0v) is 10.2. The van der Waals surface area contributed by atoms with E-state index in [1.54, 1.807) is 18.2 Å². The Morgan fingerprint density at radius 3 is 2.71 bits per heavy atom. The normalized spacial score (nSPS) is 10.0. The number of nitriles is 1. The number of nitrogens with zero attached hydrogens (tertiary/aromatic N) is 2. The second-order valence-corrected chi connectivity index (χ2v) is 4.09. The van der Waals surface area contributed by atoms with Gasteiger partial charge in [-0.05, 0) is 32.0 Å². The molecule has 86 valence electrons. The van der Waals surface area contributed by atoms with E-state index in [0.29, 0.717) is 22.1 Å². The number of rotatable bonds is 2. The molecule has 17 heavy (non-hydrogen) atoms. The second-order valence-electron chi connectivity index (χ2n) is 3.65. The van der Waals surface area contributed by atoms with Gasteiger partial charge in [-0.15, -0.1) is 0 Å². The first kappa shape index (κ1) is 11.5. The van der Waals surface area contributed by atoms with Crippen molar-refractivity contribution in [3.05, 3.63) is 40.2 Å². The molecule has 4 nitrogen and oxygen atoms in total. The lowest BCUT2D eigenvalue weighted by Crippen LogP contribution is -1.88. The summed E-state index contributed by atoms with van der Waals surface area (Å²) >= 11 is 5.89. The van der Waals surface area contributed by atoms with E-state index >= 15 is 0 Å². The highest BCUT2D eigenvalue weighted by Crippen LogP contribution is 2.29. The van der Waals surface area contributed by atoms with Gasteiger partial charge in [-0.1, -0.05) is 11.6 Å². The molecule has 1 aromatic carbocycles. The number of hydrogen-bond donors (Lipinski definition) is 1. The third-order valence-corrected chi connectivity index (χ3v) is 2.50. The van der Waals surface area contributed by atoms with Gasteiger partial charge in [-0.3, -0.25) is 5.10 Å². The maximum Gasteiger partial charge on any atom is 0.170 e. The summed E-state index contributed by atoms with van der Waals surface area (Å²) in [6, 6.07) is 6.91. The predicted octanol–water partition coefficient (Wildman–Crippen LogP) is 3.34. The number of aromatic amines is 1. The first-order chi connectivity index (χ1) is 8.10. The third kappa shape index (κ3) is 2.40. The number of nitrogens with one attached hydrogen (secondary N) is 1. The molecule has 0 atom stereocenters. The molecule has 1 aromatic heterocycles.